The molecule has 0 spiro atoms. The number of rotatable bonds is 5. The van der Waals surface area contributed by atoms with E-state index in [4.69, 9.17) is 9.47 Å². The minimum atomic E-state index is -0.221. The lowest BCUT2D eigenvalue weighted by atomic mass is 10.2. The van der Waals surface area contributed by atoms with Crippen LogP contribution in [0.4, 0.5) is 10.8 Å². The fourth-order valence-electron chi connectivity index (χ4n) is 2.81. The van der Waals surface area contributed by atoms with Crippen LogP contribution in [-0.2, 0) is 9.53 Å². The molecular formula is C19H19N3O3S. The highest BCUT2D eigenvalue weighted by Gasteiger charge is 2.14. The maximum Gasteiger partial charge on any atom is 0.264 e. The summed E-state index contributed by atoms with van der Waals surface area (Å²) in [5, 5.41) is 3.39. The van der Waals surface area contributed by atoms with Gasteiger partial charge in [-0.1, -0.05) is 29.5 Å². The van der Waals surface area contributed by atoms with Gasteiger partial charge in [0.05, 0.1) is 23.4 Å². The Labute approximate surface area is 155 Å². The van der Waals surface area contributed by atoms with E-state index >= 15 is 0 Å². The number of ether oxygens (including phenoxy) is 2. The van der Waals surface area contributed by atoms with E-state index < -0.39 is 0 Å². The van der Waals surface area contributed by atoms with Gasteiger partial charge in [0.2, 0.25) is 0 Å². The van der Waals surface area contributed by atoms with Gasteiger partial charge in [-0.2, -0.15) is 0 Å². The Hall–Kier alpha value is -2.64. The van der Waals surface area contributed by atoms with E-state index in [1.165, 1.54) is 11.3 Å². The molecule has 0 aliphatic carbocycles. The summed E-state index contributed by atoms with van der Waals surface area (Å²) in [5.41, 5.74) is 2.04. The van der Waals surface area contributed by atoms with E-state index in [0.717, 1.165) is 42.2 Å². The SMILES string of the molecule is O=C(COc1ccccc1)Nc1nc2ccc(N3CCOCC3)cc2s1. The first-order chi connectivity index (χ1) is 12.8. The third-order valence-corrected chi connectivity index (χ3v) is 5.04. The number of thiazole rings is 1. The van der Waals surface area contributed by atoms with Crippen LogP contribution in [0.15, 0.2) is 48.5 Å². The lowest BCUT2D eigenvalue weighted by Gasteiger charge is -2.28. The van der Waals surface area contributed by atoms with Gasteiger partial charge in [-0.3, -0.25) is 10.1 Å². The molecule has 1 N–H and O–H groups in total. The summed E-state index contributed by atoms with van der Waals surface area (Å²) >= 11 is 1.47. The maximum atomic E-state index is 12.1. The van der Waals surface area contributed by atoms with E-state index in [9.17, 15) is 4.79 Å². The van der Waals surface area contributed by atoms with Crippen molar-refractivity contribution in [1.29, 1.82) is 0 Å². The van der Waals surface area contributed by atoms with Crippen molar-refractivity contribution in [2.75, 3.05) is 43.1 Å². The zero-order valence-corrected chi connectivity index (χ0v) is 15.0. The average Bonchev–Trinajstić information content (AvgIpc) is 3.09. The van der Waals surface area contributed by atoms with E-state index in [-0.39, 0.29) is 12.5 Å². The molecule has 0 saturated carbocycles. The van der Waals surface area contributed by atoms with Crippen molar-refractivity contribution < 1.29 is 14.3 Å². The van der Waals surface area contributed by atoms with Gasteiger partial charge in [-0.25, -0.2) is 4.98 Å². The smallest absolute Gasteiger partial charge is 0.264 e. The number of hydrogen-bond donors (Lipinski definition) is 1. The second kappa shape index (κ2) is 7.72. The van der Waals surface area contributed by atoms with Crippen LogP contribution in [0.2, 0.25) is 0 Å². The highest BCUT2D eigenvalue weighted by Crippen LogP contribution is 2.30. The monoisotopic (exact) mass is 369 g/mol. The molecule has 0 unspecified atom stereocenters. The molecule has 2 aromatic carbocycles. The average molecular weight is 369 g/mol. The molecule has 3 aromatic rings. The fraction of sp³-hybridized carbons (Fsp3) is 0.263. The summed E-state index contributed by atoms with van der Waals surface area (Å²) in [6, 6.07) is 15.5. The van der Waals surface area contributed by atoms with E-state index in [1.807, 2.05) is 36.4 Å². The number of nitrogens with zero attached hydrogens (tertiary/aromatic N) is 2. The number of amides is 1. The van der Waals surface area contributed by atoms with Crippen molar-refractivity contribution >= 4 is 38.3 Å². The van der Waals surface area contributed by atoms with Crippen LogP contribution in [0.25, 0.3) is 10.2 Å². The van der Waals surface area contributed by atoms with Gasteiger partial charge in [0.1, 0.15) is 5.75 Å². The normalized spacial score (nSPS) is 14.4. The Bertz CT molecular complexity index is 891. The van der Waals surface area contributed by atoms with Crippen LogP contribution in [0.1, 0.15) is 0 Å². The van der Waals surface area contributed by atoms with Crippen molar-refractivity contribution in [2.24, 2.45) is 0 Å². The van der Waals surface area contributed by atoms with Crippen molar-refractivity contribution in [1.82, 2.24) is 4.98 Å². The van der Waals surface area contributed by atoms with Gasteiger partial charge in [0.25, 0.3) is 5.91 Å². The predicted octanol–water partition coefficient (Wildman–Crippen LogP) is 3.15. The molecule has 1 aliphatic heterocycles. The number of morpholine rings is 1. The zero-order chi connectivity index (χ0) is 17.8. The topological polar surface area (TPSA) is 63.7 Å². The molecule has 1 fully saturated rings. The predicted molar refractivity (Wildman–Crippen MR) is 103 cm³/mol. The van der Waals surface area contributed by atoms with Crippen molar-refractivity contribution in [3.05, 3.63) is 48.5 Å². The highest BCUT2D eigenvalue weighted by molar-refractivity contribution is 7.22. The van der Waals surface area contributed by atoms with Gasteiger partial charge in [0, 0.05) is 18.8 Å². The summed E-state index contributed by atoms with van der Waals surface area (Å²) in [4.78, 5) is 18.9. The molecule has 0 atom stereocenters. The number of nitrogens with one attached hydrogen (secondary N) is 1. The Morgan fingerprint density at radius 2 is 2.00 bits per heavy atom. The summed E-state index contributed by atoms with van der Waals surface area (Å²) in [5.74, 6) is 0.448. The molecule has 0 radical (unpaired) electrons. The Morgan fingerprint density at radius 1 is 1.19 bits per heavy atom. The van der Waals surface area contributed by atoms with Crippen LogP contribution < -0.4 is 15.0 Å². The number of benzene rings is 2. The van der Waals surface area contributed by atoms with Crippen molar-refractivity contribution in [2.45, 2.75) is 0 Å². The largest absolute Gasteiger partial charge is 0.484 e. The molecule has 1 aromatic heterocycles. The summed E-state index contributed by atoms with van der Waals surface area (Å²) in [6.07, 6.45) is 0. The fourth-order valence-corrected chi connectivity index (χ4v) is 3.72. The molecule has 7 heteroatoms. The molecule has 26 heavy (non-hydrogen) atoms. The van der Waals surface area contributed by atoms with Gasteiger partial charge >= 0.3 is 0 Å². The number of aromatic nitrogens is 1. The lowest BCUT2D eigenvalue weighted by Crippen LogP contribution is -2.36. The maximum absolute atomic E-state index is 12.1. The quantitative estimate of drug-likeness (QED) is 0.748. The number of carbonyl (C=O) groups excluding carboxylic acids is 1. The standard InChI is InChI=1S/C19H19N3O3S/c23-18(13-25-15-4-2-1-3-5-15)21-19-20-16-7-6-14(12-17(16)26-19)22-8-10-24-11-9-22/h1-7,12H,8-11,13H2,(H,20,21,23). The van der Waals surface area contributed by atoms with Crippen LogP contribution in [-0.4, -0.2) is 43.8 Å². The molecule has 0 bridgehead atoms. The number of hydrogen-bond acceptors (Lipinski definition) is 6. The first-order valence-electron chi connectivity index (χ1n) is 8.49. The first-order valence-corrected chi connectivity index (χ1v) is 9.30. The molecule has 134 valence electrons. The van der Waals surface area contributed by atoms with Crippen LogP contribution in [0.5, 0.6) is 5.75 Å². The number of para-hydroxylation sites is 1. The lowest BCUT2D eigenvalue weighted by molar-refractivity contribution is -0.118. The number of fused-ring (bicyclic) bond motifs is 1. The Kier molecular flexibility index (Phi) is 4.99. The summed E-state index contributed by atoms with van der Waals surface area (Å²) in [6.45, 7) is 3.25. The van der Waals surface area contributed by atoms with E-state index in [1.54, 1.807) is 0 Å². The van der Waals surface area contributed by atoms with Gasteiger partial charge < -0.3 is 14.4 Å². The minimum absolute atomic E-state index is 0.0427. The molecule has 6 nitrogen and oxygen atoms in total. The third-order valence-electron chi connectivity index (χ3n) is 4.11. The first kappa shape index (κ1) is 16.8. The molecule has 4 rings (SSSR count). The van der Waals surface area contributed by atoms with Crippen molar-refractivity contribution in [3.63, 3.8) is 0 Å². The Morgan fingerprint density at radius 3 is 2.81 bits per heavy atom. The van der Waals surface area contributed by atoms with Crippen LogP contribution >= 0.6 is 11.3 Å². The third kappa shape index (κ3) is 3.95. The van der Waals surface area contributed by atoms with Gasteiger partial charge in [-0.05, 0) is 30.3 Å². The van der Waals surface area contributed by atoms with Crippen LogP contribution in [0, 0.1) is 0 Å². The summed E-state index contributed by atoms with van der Waals surface area (Å²) < 4.78 is 11.9. The van der Waals surface area contributed by atoms with E-state index in [2.05, 4.69) is 27.3 Å². The molecular weight excluding hydrogens is 350 g/mol. The number of carbonyl (C=O) groups is 1. The van der Waals surface area contributed by atoms with Crippen molar-refractivity contribution in [3.8, 4) is 5.75 Å². The minimum Gasteiger partial charge on any atom is -0.484 e. The highest BCUT2D eigenvalue weighted by atomic mass is 32.1. The second-order valence-corrected chi connectivity index (χ2v) is 6.95. The van der Waals surface area contributed by atoms with Gasteiger partial charge in [0.15, 0.2) is 11.7 Å². The molecule has 1 aliphatic rings. The molecule has 1 saturated heterocycles. The van der Waals surface area contributed by atoms with Gasteiger partial charge in [-0.15, -0.1) is 0 Å². The van der Waals surface area contributed by atoms with E-state index in [0.29, 0.717) is 10.9 Å². The molecule has 2 heterocycles. The summed E-state index contributed by atoms with van der Waals surface area (Å²) in [7, 11) is 0. The molecule has 1 amide bonds. The van der Waals surface area contributed by atoms with Crippen LogP contribution in [0.3, 0.4) is 0 Å². The second-order valence-electron chi connectivity index (χ2n) is 5.92. The zero-order valence-electron chi connectivity index (χ0n) is 14.2. The Balaban J connectivity index is 1.41. The number of anilines is 2.